The Bertz CT molecular complexity index is 194. The second-order valence-electron chi connectivity index (χ2n) is 4.49. The van der Waals surface area contributed by atoms with E-state index in [1.807, 2.05) is 4.90 Å². The molecule has 0 bridgehead atoms. The van der Waals surface area contributed by atoms with Crippen molar-refractivity contribution < 1.29 is 9.90 Å². The van der Waals surface area contributed by atoms with E-state index in [1.54, 1.807) is 0 Å². The Labute approximate surface area is 92.5 Å². The number of likely N-dealkylation sites (tertiary alicyclic amines) is 1. The van der Waals surface area contributed by atoms with Gasteiger partial charge in [0.05, 0.1) is 0 Å². The molecular weight excluding hydrogens is 190 g/mol. The van der Waals surface area contributed by atoms with E-state index in [-0.39, 0.29) is 12.5 Å². The van der Waals surface area contributed by atoms with Gasteiger partial charge in [0.1, 0.15) is 0 Å². The Morgan fingerprint density at radius 1 is 1.40 bits per heavy atom. The third-order valence-corrected chi connectivity index (χ3v) is 3.14. The lowest BCUT2D eigenvalue weighted by Gasteiger charge is -2.15. The number of unbranched alkanes of at least 4 members (excludes halogenated alkanes) is 3. The van der Waals surface area contributed by atoms with Crippen LogP contribution in [0.3, 0.4) is 0 Å². The highest BCUT2D eigenvalue weighted by Gasteiger charge is 2.24. The summed E-state index contributed by atoms with van der Waals surface area (Å²) >= 11 is 0. The number of hydrogen-bond acceptors (Lipinski definition) is 2. The maximum Gasteiger partial charge on any atom is 0.222 e. The molecule has 1 heterocycles. The summed E-state index contributed by atoms with van der Waals surface area (Å²) in [6, 6.07) is 0. The molecule has 0 saturated carbocycles. The Hall–Kier alpha value is -0.570. The summed E-state index contributed by atoms with van der Waals surface area (Å²) < 4.78 is 0. The standard InChI is InChI=1S/C12H23NO2/c1-2-3-4-5-6-12(15)13-8-7-11(9-13)10-14/h11,14H,2-10H2,1H3. The Kier molecular flexibility index (Phi) is 5.69. The van der Waals surface area contributed by atoms with Crippen LogP contribution in [0, 0.1) is 5.92 Å². The van der Waals surface area contributed by atoms with E-state index < -0.39 is 0 Å². The van der Waals surface area contributed by atoms with E-state index in [0.717, 1.165) is 25.9 Å². The fraction of sp³-hybridized carbons (Fsp3) is 0.917. The molecule has 3 heteroatoms. The molecule has 0 aromatic heterocycles. The van der Waals surface area contributed by atoms with Crippen molar-refractivity contribution in [2.24, 2.45) is 5.92 Å². The van der Waals surface area contributed by atoms with Gasteiger partial charge in [-0.1, -0.05) is 26.2 Å². The minimum Gasteiger partial charge on any atom is -0.396 e. The van der Waals surface area contributed by atoms with Gasteiger partial charge in [-0.15, -0.1) is 0 Å². The monoisotopic (exact) mass is 213 g/mol. The topological polar surface area (TPSA) is 40.5 Å². The first kappa shape index (κ1) is 12.5. The molecule has 0 aromatic rings. The molecule has 1 amide bonds. The molecule has 1 atom stereocenters. The smallest absolute Gasteiger partial charge is 0.222 e. The predicted molar refractivity (Wildman–Crippen MR) is 60.5 cm³/mol. The number of aliphatic hydroxyl groups is 1. The second kappa shape index (κ2) is 6.83. The van der Waals surface area contributed by atoms with Gasteiger partial charge in [-0.3, -0.25) is 4.79 Å². The molecule has 1 N–H and O–H groups in total. The van der Waals surface area contributed by atoms with Crippen LogP contribution in [0.25, 0.3) is 0 Å². The van der Waals surface area contributed by atoms with Gasteiger partial charge in [0.2, 0.25) is 5.91 Å². The predicted octanol–water partition coefficient (Wildman–Crippen LogP) is 1.80. The highest BCUT2D eigenvalue weighted by atomic mass is 16.3. The summed E-state index contributed by atoms with van der Waals surface area (Å²) in [5.41, 5.74) is 0. The summed E-state index contributed by atoms with van der Waals surface area (Å²) in [4.78, 5) is 13.6. The average Bonchev–Trinajstić information content (AvgIpc) is 2.72. The fourth-order valence-corrected chi connectivity index (χ4v) is 2.07. The molecule has 0 radical (unpaired) electrons. The molecule has 1 aliphatic heterocycles. The van der Waals surface area contributed by atoms with Crippen LogP contribution in [0.5, 0.6) is 0 Å². The molecule has 3 nitrogen and oxygen atoms in total. The van der Waals surface area contributed by atoms with Crippen LogP contribution < -0.4 is 0 Å². The summed E-state index contributed by atoms with van der Waals surface area (Å²) in [6.07, 6.45) is 6.29. The Balaban J connectivity index is 2.12. The van der Waals surface area contributed by atoms with Crippen LogP contribution in [0.15, 0.2) is 0 Å². The zero-order valence-electron chi connectivity index (χ0n) is 9.74. The quantitative estimate of drug-likeness (QED) is 0.683. The SMILES string of the molecule is CCCCCCC(=O)N1CCC(CO)C1. The minimum atomic E-state index is 0.222. The third-order valence-electron chi connectivity index (χ3n) is 3.14. The average molecular weight is 213 g/mol. The number of hydrogen-bond donors (Lipinski definition) is 1. The molecular formula is C12H23NO2. The number of aliphatic hydroxyl groups excluding tert-OH is 1. The molecule has 1 aliphatic rings. The first-order valence-corrected chi connectivity index (χ1v) is 6.16. The van der Waals surface area contributed by atoms with E-state index in [1.165, 1.54) is 19.3 Å². The van der Waals surface area contributed by atoms with Crippen molar-refractivity contribution in [3.05, 3.63) is 0 Å². The number of rotatable bonds is 6. The first-order chi connectivity index (χ1) is 7.27. The molecule has 1 rings (SSSR count). The highest BCUT2D eigenvalue weighted by Crippen LogP contribution is 2.17. The maximum absolute atomic E-state index is 11.7. The van der Waals surface area contributed by atoms with Crippen LogP contribution in [0.2, 0.25) is 0 Å². The summed E-state index contributed by atoms with van der Waals surface area (Å²) in [7, 11) is 0. The van der Waals surface area contributed by atoms with Gasteiger partial charge in [0, 0.05) is 32.0 Å². The Morgan fingerprint density at radius 3 is 2.80 bits per heavy atom. The van der Waals surface area contributed by atoms with Crippen molar-refractivity contribution in [2.45, 2.75) is 45.4 Å². The van der Waals surface area contributed by atoms with Gasteiger partial charge in [-0.25, -0.2) is 0 Å². The van der Waals surface area contributed by atoms with Gasteiger partial charge >= 0.3 is 0 Å². The third kappa shape index (κ3) is 4.20. The van der Waals surface area contributed by atoms with Crippen molar-refractivity contribution in [2.75, 3.05) is 19.7 Å². The molecule has 1 fully saturated rings. The molecule has 0 spiro atoms. The van der Waals surface area contributed by atoms with Gasteiger partial charge in [-0.2, -0.15) is 0 Å². The number of amides is 1. The summed E-state index contributed by atoms with van der Waals surface area (Å²) in [6.45, 7) is 4.01. The molecule has 1 unspecified atom stereocenters. The molecule has 0 aromatic carbocycles. The van der Waals surface area contributed by atoms with E-state index >= 15 is 0 Å². The summed E-state index contributed by atoms with van der Waals surface area (Å²) in [5.74, 6) is 0.603. The zero-order valence-corrected chi connectivity index (χ0v) is 9.74. The van der Waals surface area contributed by atoms with Crippen LogP contribution in [-0.2, 0) is 4.79 Å². The lowest BCUT2D eigenvalue weighted by atomic mass is 10.1. The number of nitrogens with zero attached hydrogens (tertiary/aromatic N) is 1. The maximum atomic E-state index is 11.7. The summed E-state index contributed by atoms with van der Waals surface area (Å²) in [5, 5.41) is 8.97. The van der Waals surface area contributed by atoms with Crippen molar-refractivity contribution in [1.82, 2.24) is 4.90 Å². The van der Waals surface area contributed by atoms with E-state index in [0.29, 0.717) is 12.3 Å². The lowest BCUT2D eigenvalue weighted by molar-refractivity contribution is -0.130. The van der Waals surface area contributed by atoms with Gasteiger partial charge in [0.25, 0.3) is 0 Å². The molecule has 1 saturated heterocycles. The van der Waals surface area contributed by atoms with E-state index in [4.69, 9.17) is 5.11 Å². The lowest BCUT2D eigenvalue weighted by Crippen LogP contribution is -2.28. The molecule has 0 aliphatic carbocycles. The van der Waals surface area contributed by atoms with E-state index in [9.17, 15) is 4.79 Å². The van der Waals surface area contributed by atoms with Crippen LogP contribution in [0.1, 0.15) is 45.4 Å². The second-order valence-corrected chi connectivity index (χ2v) is 4.49. The van der Waals surface area contributed by atoms with Crippen LogP contribution >= 0.6 is 0 Å². The van der Waals surface area contributed by atoms with Crippen molar-refractivity contribution >= 4 is 5.91 Å². The fourth-order valence-electron chi connectivity index (χ4n) is 2.07. The van der Waals surface area contributed by atoms with E-state index in [2.05, 4.69) is 6.92 Å². The Morgan fingerprint density at radius 2 is 2.20 bits per heavy atom. The number of carbonyl (C=O) groups is 1. The van der Waals surface area contributed by atoms with Crippen LogP contribution in [-0.4, -0.2) is 35.6 Å². The first-order valence-electron chi connectivity index (χ1n) is 6.16. The highest BCUT2D eigenvalue weighted by molar-refractivity contribution is 5.76. The minimum absolute atomic E-state index is 0.222. The van der Waals surface area contributed by atoms with Crippen LogP contribution in [0.4, 0.5) is 0 Å². The zero-order chi connectivity index (χ0) is 11.1. The number of carbonyl (C=O) groups excluding carboxylic acids is 1. The van der Waals surface area contributed by atoms with Crippen molar-refractivity contribution in [3.63, 3.8) is 0 Å². The van der Waals surface area contributed by atoms with Crippen molar-refractivity contribution in [3.8, 4) is 0 Å². The normalized spacial score (nSPS) is 20.9. The van der Waals surface area contributed by atoms with Gasteiger partial charge in [-0.05, 0) is 12.8 Å². The molecule has 15 heavy (non-hydrogen) atoms. The molecule has 88 valence electrons. The van der Waals surface area contributed by atoms with Crippen molar-refractivity contribution in [1.29, 1.82) is 0 Å². The van der Waals surface area contributed by atoms with Gasteiger partial charge in [0.15, 0.2) is 0 Å². The largest absolute Gasteiger partial charge is 0.396 e. The van der Waals surface area contributed by atoms with Gasteiger partial charge < -0.3 is 10.0 Å².